The van der Waals surface area contributed by atoms with Crippen molar-refractivity contribution in [1.29, 1.82) is 0 Å². The number of aliphatic hydroxyl groups excluding tert-OH is 1. The lowest BCUT2D eigenvalue weighted by Crippen LogP contribution is -2.63. The summed E-state index contributed by atoms with van der Waals surface area (Å²) in [6, 6.07) is 19.4. The number of hydrogen-bond acceptors (Lipinski definition) is 5. The van der Waals surface area contributed by atoms with Gasteiger partial charge in [0.05, 0.1) is 31.5 Å². The van der Waals surface area contributed by atoms with Crippen molar-refractivity contribution in [2.75, 3.05) is 6.61 Å². The molecule has 0 unspecified atom stereocenters. The Kier molecular flexibility index (Phi) is 10.7. The van der Waals surface area contributed by atoms with Gasteiger partial charge in [0, 0.05) is 19.4 Å². The molecule has 38 heavy (non-hydrogen) atoms. The summed E-state index contributed by atoms with van der Waals surface area (Å²) in [7, 11) is -2.10. The van der Waals surface area contributed by atoms with E-state index in [0.29, 0.717) is 32.2 Å². The van der Waals surface area contributed by atoms with Crippen LogP contribution in [0.3, 0.4) is 0 Å². The Morgan fingerprint density at radius 2 is 1.47 bits per heavy atom. The molecule has 0 radical (unpaired) electrons. The van der Waals surface area contributed by atoms with E-state index in [2.05, 4.69) is 46.1 Å². The van der Waals surface area contributed by atoms with Gasteiger partial charge in [0.2, 0.25) is 5.91 Å². The van der Waals surface area contributed by atoms with Crippen LogP contribution in [0.2, 0.25) is 18.1 Å². The summed E-state index contributed by atoms with van der Waals surface area (Å²) in [4.78, 5) is 12.1. The molecule has 0 spiro atoms. The molecule has 2 aromatic rings. The molecule has 1 aliphatic carbocycles. The van der Waals surface area contributed by atoms with Crippen LogP contribution in [-0.2, 0) is 31.9 Å². The molecule has 2 N–H and O–H groups in total. The molecule has 0 aromatic heterocycles. The molecule has 1 amide bonds. The van der Waals surface area contributed by atoms with Crippen LogP contribution in [0.25, 0.3) is 0 Å². The lowest BCUT2D eigenvalue weighted by atomic mass is 9.79. The van der Waals surface area contributed by atoms with Gasteiger partial charge in [-0.3, -0.25) is 4.79 Å². The second kappa shape index (κ2) is 13.4. The Morgan fingerprint density at radius 3 is 1.95 bits per heavy atom. The third kappa shape index (κ3) is 7.76. The number of amides is 1. The van der Waals surface area contributed by atoms with Gasteiger partial charge in [-0.15, -0.1) is 0 Å². The predicted octanol–water partition coefficient (Wildman–Crippen LogP) is 5.70. The first-order valence-electron chi connectivity index (χ1n) is 13.8. The average Bonchev–Trinajstić information content (AvgIpc) is 2.88. The third-order valence-corrected chi connectivity index (χ3v) is 13.3. The van der Waals surface area contributed by atoms with Crippen molar-refractivity contribution >= 4 is 14.2 Å². The largest absolute Gasteiger partial charge is 0.416 e. The minimum atomic E-state index is -2.10. The molecular formula is C31H47NO5Si. The lowest BCUT2D eigenvalue weighted by molar-refractivity contribution is -0.172. The van der Waals surface area contributed by atoms with Gasteiger partial charge in [-0.1, -0.05) is 88.4 Å². The highest BCUT2D eigenvalue weighted by molar-refractivity contribution is 6.74. The first kappa shape index (κ1) is 30.5. The number of benzene rings is 2. The van der Waals surface area contributed by atoms with Crippen molar-refractivity contribution in [3.63, 3.8) is 0 Å². The monoisotopic (exact) mass is 541 g/mol. The SMILES string of the molecule is CC(=O)N[C@H]1[C@@H](OCc2ccccc2)[C@H](OCc2ccccc2)[C@@H](CO[Si](C)(C)C(C)(C)C(C)C)C[C@@H]1O. The van der Waals surface area contributed by atoms with Gasteiger partial charge in [-0.25, -0.2) is 0 Å². The Bertz CT molecular complexity index is 998. The van der Waals surface area contributed by atoms with Gasteiger partial charge in [0.15, 0.2) is 8.32 Å². The van der Waals surface area contributed by atoms with Crippen LogP contribution in [0.5, 0.6) is 0 Å². The van der Waals surface area contributed by atoms with Crippen molar-refractivity contribution in [3.8, 4) is 0 Å². The van der Waals surface area contributed by atoms with Gasteiger partial charge in [0.25, 0.3) is 0 Å². The van der Waals surface area contributed by atoms with Crippen LogP contribution in [-0.4, -0.2) is 50.3 Å². The number of aliphatic hydroxyl groups is 1. The van der Waals surface area contributed by atoms with Gasteiger partial charge in [-0.2, -0.15) is 0 Å². The van der Waals surface area contributed by atoms with E-state index >= 15 is 0 Å². The molecule has 2 aromatic carbocycles. The normalized spacial score (nSPS) is 24.4. The van der Waals surface area contributed by atoms with Gasteiger partial charge >= 0.3 is 0 Å². The van der Waals surface area contributed by atoms with Gasteiger partial charge < -0.3 is 24.3 Å². The molecule has 0 heterocycles. The molecule has 210 valence electrons. The predicted molar refractivity (Wildman–Crippen MR) is 154 cm³/mol. The highest BCUT2D eigenvalue weighted by atomic mass is 28.4. The number of carbonyl (C=O) groups is 1. The van der Waals surface area contributed by atoms with Crippen LogP contribution in [0.15, 0.2) is 60.7 Å². The van der Waals surface area contributed by atoms with Crippen LogP contribution < -0.4 is 5.32 Å². The van der Waals surface area contributed by atoms with Crippen LogP contribution in [0.4, 0.5) is 0 Å². The van der Waals surface area contributed by atoms with E-state index in [1.807, 2.05) is 60.7 Å². The fourth-order valence-corrected chi connectivity index (χ4v) is 7.41. The maximum Gasteiger partial charge on any atom is 0.217 e. The summed E-state index contributed by atoms with van der Waals surface area (Å²) >= 11 is 0. The maximum atomic E-state index is 12.1. The molecule has 6 nitrogen and oxygen atoms in total. The van der Waals surface area contributed by atoms with Crippen LogP contribution in [0.1, 0.15) is 52.2 Å². The van der Waals surface area contributed by atoms with Crippen molar-refractivity contribution in [2.45, 2.75) is 96.7 Å². The minimum absolute atomic E-state index is 0.0720. The minimum Gasteiger partial charge on any atom is -0.416 e. The quantitative estimate of drug-likeness (QED) is 0.337. The number of hydrogen-bond donors (Lipinski definition) is 2. The van der Waals surface area contributed by atoms with E-state index in [0.717, 1.165) is 11.1 Å². The summed E-state index contributed by atoms with van der Waals surface area (Å²) in [5.74, 6) is 0.192. The zero-order valence-corrected chi connectivity index (χ0v) is 25.1. The number of nitrogens with one attached hydrogen (secondary N) is 1. The van der Waals surface area contributed by atoms with Crippen LogP contribution >= 0.6 is 0 Å². The molecule has 0 bridgehead atoms. The molecule has 1 saturated carbocycles. The summed E-state index contributed by atoms with van der Waals surface area (Å²) < 4.78 is 19.8. The van der Waals surface area contributed by atoms with Crippen molar-refractivity contribution in [3.05, 3.63) is 71.8 Å². The highest BCUT2D eigenvalue weighted by Crippen LogP contribution is 2.45. The lowest BCUT2D eigenvalue weighted by Gasteiger charge is -2.47. The second-order valence-corrected chi connectivity index (χ2v) is 16.6. The van der Waals surface area contributed by atoms with Crippen molar-refractivity contribution in [1.82, 2.24) is 5.32 Å². The van der Waals surface area contributed by atoms with Gasteiger partial charge in [0.1, 0.15) is 6.10 Å². The van der Waals surface area contributed by atoms with E-state index in [-0.39, 0.29) is 23.0 Å². The van der Waals surface area contributed by atoms with Crippen molar-refractivity contribution < 1.29 is 23.8 Å². The maximum absolute atomic E-state index is 12.1. The van der Waals surface area contributed by atoms with Crippen LogP contribution in [0, 0.1) is 11.8 Å². The number of rotatable bonds is 12. The summed E-state index contributed by atoms with van der Waals surface area (Å²) in [5, 5.41) is 14.3. The topological polar surface area (TPSA) is 77.0 Å². The molecule has 0 saturated heterocycles. The standard InChI is InChI=1S/C31H47NO5Si/c1-22(2)31(4,5)38(6,7)37-21-26-18-27(34)28(32-23(3)33)30(36-20-25-16-12-9-13-17-25)29(26)35-19-24-14-10-8-11-15-24/h8-17,22,26-30,34H,18-21H2,1-7H3,(H,32,33)/t26-,27+,28-,29-,30-/m1/s1. The molecule has 3 rings (SSSR count). The van der Waals surface area contributed by atoms with E-state index in [1.165, 1.54) is 6.92 Å². The molecule has 7 heteroatoms. The Morgan fingerprint density at radius 1 is 0.974 bits per heavy atom. The Labute approximate surface area is 230 Å². The van der Waals surface area contributed by atoms with E-state index in [1.54, 1.807) is 0 Å². The fourth-order valence-electron chi connectivity index (χ4n) is 5.02. The van der Waals surface area contributed by atoms with E-state index in [9.17, 15) is 9.90 Å². The molecular weight excluding hydrogens is 494 g/mol. The summed E-state index contributed by atoms with van der Waals surface area (Å²) in [6.45, 7) is 16.3. The first-order chi connectivity index (χ1) is 17.9. The first-order valence-corrected chi connectivity index (χ1v) is 16.7. The number of ether oxygens (including phenoxy) is 2. The highest BCUT2D eigenvalue weighted by Gasteiger charge is 2.49. The number of carbonyl (C=O) groups excluding carboxylic acids is 1. The zero-order chi connectivity index (χ0) is 27.9. The fraction of sp³-hybridized carbons (Fsp3) is 0.581. The van der Waals surface area contributed by atoms with E-state index in [4.69, 9.17) is 13.9 Å². The summed E-state index contributed by atoms with van der Waals surface area (Å²) in [5.41, 5.74) is 2.09. The molecule has 5 atom stereocenters. The smallest absolute Gasteiger partial charge is 0.217 e. The molecule has 1 fully saturated rings. The second-order valence-electron chi connectivity index (χ2n) is 12.0. The summed E-state index contributed by atoms with van der Waals surface area (Å²) in [6.07, 6.45) is -1.22. The van der Waals surface area contributed by atoms with Gasteiger partial charge in [-0.05, 0) is 41.6 Å². The Balaban J connectivity index is 1.88. The third-order valence-electron chi connectivity index (χ3n) is 8.69. The zero-order valence-electron chi connectivity index (χ0n) is 24.1. The van der Waals surface area contributed by atoms with E-state index < -0.39 is 26.6 Å². The average molecular weight is 542 g/mol. The Hall–Kier alpha value is -2.03. The molecule has 0 aliphatic heterocycles. The van der Waals surface area contributed by atoms with Crippen molar-refractivity contribution in [2.24, 2.45) is 11.8 Å². The molecule has 1 aliphatic rings.